The predicted molar refractivity (Wildman–Crippen MR) is 159 cm³/mol. The third kappa shape index (κ3) is 4.91. The van der Waals surface area contributed by atoms with Gasteiger partial charge < -0.3 is 5.32 Å². The predicted octanol–water partition coefficient (Wildman–Crippen LogP) is 7.64. The van der Waals surface area contributed by atoms with E-state index in [4.69, 9.17) is 15.0 Å². The van der Waals surface area contributed by atoms with Gasteiger partial charge in [-0.1, -0.05) is 73.8 Å². The van der Waals surface area contributed by atoms with Crippen LogP contribution in [0.3, 0.4) is 0 Å². The molecular weight excluding hydrogens is 480 g/mol. The Labute approximate surface area is 226 Å². The Morgan fingerprint density at radius 1 is 0.667 bits per heavy atom. The molecule has 0 atom stereocenters. The van der Waals surface area contributed by atoms with Gasteiger partial charge >= 0.3 is 0 Å². The van der Waals surface area contributed by atoms with Crippen molar-refractivity contribution in [2.45, 2.75) is 0 Å². The molecule has 3 heterocycles. The van der Waals surface area contributed by atoms with Crippen LogP contribution < -0.4 is 5.32 Å². The van der Waals surface area contributed by atoms with Crippen LogP contribution in [0.2, 0.25) is 0 Å². The summed E-state index contributed by atoms with van der Waals surface area (Å²) in [4.78, 5) is 23.9. The summed E-state index contributed by atoms with van der Waals surface area (Å²) in [6.07, 6.45) is 8.98. The molecule has 0 amide bonds. The molecule has 0 saturated heterocycles. The quantitative estimate of drug-likeness (QED) is 0.225. The summed E-state index contributed by atoms with van der Waals surface area (Å²) in [6.45, 7) is 7.77. The van der Waals surface area contributed by atoms with Crippen LogP contribution in [0.5, 0.6) is 0 Å². The first-order valence-corrected chi connectivity index (χ1v) is 12.5. The highest BCUT2D eigenvalue weighted by molar-refractivity contribution is 5.95. The number of benzene rings is 3. The first-order valence-electron chi connectivity index (χ1n) is 12.5. The van der Waals surface area contributed by atoms with Gasteiger partial charge in [-0.15, -0.1) is 0 Å². The van der Waals surface area contributed by atoms with Gasteiger partial charge in [-0.25, -0.2) is 15.0 Å². The molecule has 1 N–H and O–H groups in total. The van der Waals surface area contributed by atoms with E-state index in [1.165, 1.54) is 0 Å². The fourth-order valence-electron chi connectivity index (χ4n) is 4.49. The van der Waals surface area contributed by atoms with E-state index in [9.17, 15) is 0 Å². The number of fused-ring (bicyclic) bond motifs is 2. The number of rotatable bonds is 7. The van der Waals surface area contributed by atoms with Crippen LogP contribution in [0.1, 0.15) is 0 Å². The minimum atomic E-state index is 0.563. The Morgan fingerprint density at radius 3 is 1.87 bits per heavy atom. The van der Waals surface area contributed by atoms with Gasteiger partial charge in [0.2, 0.25) is 0 Å². The summed E-state index contributed by atoms with van der Waals surface area (Å²) in [7, 11) is 0. The smallest absolute Gasteiger partial charge is 0.164 e. The normalized spacial score (nSPS) is 11.2. The Hall–Kier alpha value is -5.49. The molecule has 186 valence electrons. The van der Waals surface area contributed by atoms with Crippen LogP contribution in [0, 0.1) is 0 Å². The van der Waals surface area contributed by atoms with E-state index >= 15 is 0 Å². The molecule has 0 unspecified atom stereocenters. The maximum atomic E-state index is 4.98. The molecule has 3 aromatic heterocycles. The highest BCUT2D eigenvalue weighted by atomic mass is 15.0. The van der Waals surface area contributed by atoms with Crippen molar-refractivity contribution in [1.82, 2.24) is 24.9 Å². The second-order valence-corrected chi connectivity index (χ2v) is 8.88. The van der Waals surface area contributed by atoms with E-state index in [-0.39, 0.29) is 0 Å². The van der Waals surface area contributed by atoms with Gasteiger partial charge in [-0.2, -0.15) is 0 Å². The Kier molecular flexibility index (Phi) is 6.41. The molecule has 6 rings (SSSR count). The monoisotopic (exact) mass is 504 g/mol. The van der Waals surface area contributed by atoms with Crippen molar-refractivity contribution in [2.24, 2.45) is 0 Å². The molecule has 6 aromatic rings. The Balaban J connectivity index is 1.55. The van der Waals surface area contributed by atoms with Crippen molar-refractivity contribution >= 4 is 27.5 Å². The number of allylic oxidation sites excluding steroid dienone is 3. The maximum Gasteiger partial charge on any atom is 0.164 e. The molecule has 6 nitrogen and oxygen atoms in total. The fraction of sp³-hybridized carbons (Fsp3) is 0. The second kappa shape index (κ2) is 10.5. The van der Waals surface area contributed by atoms with E-state index < -0.39 is 0 Å². The van der Waals surface area contributed by atoms with Gasteiger partial charge in [0.25, 0.3) is 0 Å². The summed E-state index contributed by atoms with van der Waals surface area (Å²) in [5.41, 5.74) is 6.01. The molecular formula is C33H24N6. The molecule has 0 bridgehead atoms. The summed E-state index contributed by atoms with van der Waals surface area (Å²) < 4.78 is 0. The minimum Gasteiger partial charge on any atom is -0.356 e. The standard InChI is InChI=1S/C33H24N6/c1-3-4-10-22(2)36-24-12-5-11-23(21-24)31-37-32(27-13-6-17-29-25(27)15-8-19-34-29)39-33(38-31)28-14-7-18-30-26(28)16-9-20-35-30/h3-21,36H,1-2H2/b10-4-. The molecule has 0 saturated carbocycles. The third-order valence-electron chi connectivity index (χ3n) is 6.27. The van der Waals surface area contributed by atoms with Crippen molar-refractivity contribution in [3.05, 3.63) is 134 Å². The van der Waals surface area contributed by atoms with Crippen LogP contribution in [0.15, 0.2) is 134 Å². The minimum absolute atomic E-state index is 0.563. The number of nitrogens with one attached hydrogen (secondary N) is 1. The molecule has 0 aliphatic rings. The highest BCUT2D eigenvalue weighted by Gasteiger charge is 2.16. The number of hydrogen-bond donors (Lipinski definition) is 1. The van der Waals surface area contributed by atoms with Gasteiger partial charge in [0.1, 0.15) is 0 Å². The van der Waals surface area contributed by atoms with E-state index in [0.717, 1.165) is 49.9 Å². The van der Waals surface area contributed by atoms with Gasteiger partial charge in [-0.3, -0.25) is 9.97 Å². The number of nitrogens with zero attached hydrogens (tertiary/aromatic N) is 5. The van der Waals surface area contributed by atoms with Gasteiger partial charge in [0.05, 0.1) is 11.0 Å². The summed E-state index contributed by atoms with van der Waals surface area (Å²) in [6, 6.07) is 27.8. The first kappa shape index (κ1) is 23.9. The average Bonchev–Trinajstić information content (AvgIpc) is 2.99. The summed E-state index contributed by atoms with van der Waals surface area (Å²) in [5.74, 6) is 1.71. The largest absolute Gasteiger partial charge is 0.356 e. The van der Waals surface area contributed by atoms with E-state index in [1.54, 1.807) is 18.5 Å². The van der Waals surface area contributed by atoms with Crippen molar-refractivity contribution in [3.8, 4) is 34.2 Å². The lowest BCUT2D eigenvalue weighted by Gasteiger charge is -2.12. The van der Waals surface area contributed by atoms with Gasteiger partial charge in [0.15, 0.2) is 17.5 Å². The second-order valence-electron chi connectivity index (χ2n) is 8.88. The van der Waals surface area contributed by atoms with Crippen molar-refractivity contribution in [2.75, 3.05) is 5.32 Å². The van der Waals surface area contributed by atoms with Gasteiger partial charge in [0, 0.05) is 51.2 Å². The summed E-state index contributed by atoms with van der Waals surface area (Å²) in [5, 5.41) is 5.26. The maximum absolute atomic E-state index is 4.98. The number of hydrogen-bond acceptors (Lipinski definition) is 6. The first-order chi connectivity index (χ1) is 19.2. The molecule has 6 heteroatoms. The van der Waals surface area contributed by atoms with Crippen LogP contribution in [0.25, 0.3) is 56.0 Å². The van der Waals surface area contributed by atoms with Crippen LogP contribution in [0.4, 0.5) is 5.69 Å². The molecule has 0 fully saturated rings. The zero-order chi connectivity index (χ0) is 26.6. The van der Waals surface area contributed by atoms with Crippen molar-refractivity contribution < 1.29 is 0 Å². The SMILES string of the molecule is C=C/C=C\C(=C)Nc1cccc(-c2nc(-c3cccc4ncccc34)nc(-c3cccc4ncccc34)n2)c1. The number of pyridine rings is 2. The van der Waals surface area contributed by atoms with Crippen LogP contribution >= 0.6 is 0 Å². The number of anilines is 1. The fourth-order valence-corrected chi connectivity index (χ4v) is 4.49. The van der Waals surface area contributed by atoms with Crippen LogP contribution in [-0.4, -0.2) is 24.9 Å². The molecule has 3 aromatic carbocycles. The van der Waals surface area contributed by atoms with Gasteiger partial charge in [-0.05, 0) is 42.5 Å². The highest BCUT2D eigenvalue weighted by Crippen LogP contribution is 2.32. The Bertz CT molecular complexity index is 1780. The molecule has 0 aliphatic heterocycles. The van der Waals surface area contributed by atoms with Crippen LogP contribution in [-0.2, 0) is 0 Å². The average molecular weight is 505 g/mol. The molecule has 0 radical (unpaired) electrons. The molecule has 39 heavy (non-hydrogen) atoms. The lowest BCUT2D eigenvalue weighted by atomic mass is 10.1. The molecule has 0 aliphatic carbocycles. The lowest BCUT2D eigenvalue weighted by Crippen LogP contribution is -2.02. The topological polar surface area (TPSA) is 76.5 Å². The lowest BCUT2D eigenvalue weighted by molar-refractivity contribution is 1.08. The van der Waals surface area contributed by atoms with E-state index in [1.807, 2.05) is 97.1 Å². The van der Waals surface area contributed by atoms with Crippen molar-refractivity contribution in [1.29, 1.82) is 0 Å². The van der Waals surface area contributed by atoms with E-state index in [0.29, 0.717) is 17.5 Å². The van der Waals surface area contributed by atoms with Crippen molar-refractivity contribution in [3.63, 3.8) is 0 Å². The zero-order valence-electron chi connectivity index (χ0n) is 21.1. The Morgan fingerprint density at radius 2 is 1.26 bits per heavy atom. The zero-order valence-corrected chi connectivity index (χ0v) is 21.1. The van der Waals surface area contributed by atoms with E-state index in [2.05, 4.69) is 28.4 Å². The number of aromatic nitrogens is 5. The molecule has 0 spiro atoms. The summed E-state index contributed by atoms with van der Waals surface area (Å²) >= 11 is 0. The third-order valence-corrected chi connectivity index (χ3v) is 6.27.